The van der Waals surface area contributed by atoms with Crippen LogP contribution >= 0.6 is 0 Å². The predicted molar refractivity (Wildman–Crippen MR) is 117 cm³/mol. The van der Waals surface area contributed by atoms with Gasteiger partial charge in [0.2, 0.25) is 5.91 Å². The van der Waals surface area contributed by atoms with E-state index in [2.05, 4.69) is 27.5 Å². The monoisotopic (exact) mass is 400 g/mol. The molecule has 0 spiro atoms. The summed E-state index contributed by atoms with van der Waals surface area (Å²) in [5.74, 6) is 1.23. The predicted octanol–water partition coefficient (Wildman–Crippen LogP) is 4.93. The van der Waals surface area contributed by atoms with Gasteiger partial charge < -0.3 is 15.6 Å². The Morgan fingerprint density at radius 1 is 1.17 bits per heavy atom. The first-order valence-electron chi connectivity index (χ1n) is 10.5. The molecule has 3 N–H and O–H groups in total. The maximum atomic E-state index is 12.7. The van der Waals surface area contributed by atoms with Crippen LogP contribution in [-0.2, 0) is 11.2 Å². The summed E-state index contributed by atoms with van der Waals surface area (Å²) >= 11 is 0. The molecule has 2 aliphatic rings. The third-order valence-corrected chi connectivity index (χ3v) is 5.98. The van der Waals surface area contributed by atoms with Crippen LogP contribution in [0.1, 0.15) is 42.2 Å². The molecule has 2 unspecified atom stereocenters. The fourth-order valence-electron chi connectivity index (χ4n) is 4.17. The van der Waals surface area contributed by atoms with Gasteiger partial charge in [0, 0.05) is 35.5 Å². The normalized spacial score (nSPS) is 19.8. The molecule has 3 aromatic rings. The summed E-state index contributed by atoms with van der Waals surface area (Å²) in [6.45, 7) is 2.08. The van der Waals surface area contributed by atoms with Crippen molar-refractivity contribution in [1.29, 1.82) is 0 Å². The Kier molecular flexibility index (Phi) is 4.62. The quantitative estimate of drug-likeness (QED) is 0.566. The highest BCUT2D eigenvalue weighted by atomic mass is 16.2. The van der Waals surface area contributed by atoms with Gasteiger partial charge in [0.15, 0.2) is 5.78 Å². The molecule has 6 heteroatoms. The molecule has 1 saturated carbocycles. The lowest BCUT2D eigenvalue weighted by Gasteiger charge is -2.14. The molecule has 0 saturated heterocycles. The van der Waals surface area contributed by atoms with Crippen molar-refractivity contribution in [3.63, 3.8) is 0 Å². The minimum atomic E-state index is 0.0238. The van der Waals surface area contributed by atoms with E-state index in [0.717, 1.165) is 53.2 Å². The van der Waals surface area contributed by atoms with E-state index in [0.29, 0.717) is 18.2 Å². The van der Waals surface area contributed by atoms with Gasteiger partial charge in [0.1, 0.15) is 5.82 Å². The van der Waals surface area contributed by atoms with Crippen molar-refractivity contribution in [3.05, 3.63) is 59.9 Å². The van der Waals surface area contributed by atoms with Crippen molar-refractivity contribution in [1.82, 2.24) is 9.97 Å². The molecular formula is C24H24N4O2. The second-order valence-corrected chi connectivity index (χ2v) is 8.23. The number of carbonyl (C=O) groups is 2. The number of hydrogen-bond donors (Lipinski definition) is 3. The van der Waals surface area contributed by atoms with Crippen molar-refractivity contribution >= 4 is 28.9 Å². The summed E-state index contributed by atoms with van der Waals surface area (Å²) in [4.78, 5) is 32.8. The summed E-state index contributed by atoms with van der Waals surface area (Å²) < 4.78 is 0. The topological polar surface area (TPSA) is 86.9 Å². The molecule has 1 fully saturated rings. The van der Waals surface area contributed by atoms with Crippen LogP contribution in [-0.4, -0.2) is 21.7 Å². The molecule has 0 radical (unpaired) electrons. The van der Waals surface area contributed by atoms with Gasteiger partial charge >= 0.3 is 0 Å². The van der Waals surface area contributed by atoms with Gasteiger partial charge in [-0.25, -0.2) is 4.98 Å². The van der Waals surface area contributed by atoms with E-state index in [1.54, 1.807) is 6.20 Å². The molecule has 2 atom stereocenters. The van der Waals surface area contributed by atoms with Gasteiger partial charge in [-0.2, -0.15) is 0 Å². The number of Topliss-reactive ketones (excluding diaryl/α,β-unsaturated/α-hetero) is 1. The molecule has 2 aliphatic carbocycles. The highest BCUT2D eigenvalue weighted by Crippen LogP contribution is 2.40. The molecule has 1 amide bonds. The van der Waals surface area contributed by atoms with Crippen molar-refractivity contribution < 1.29 is 9.59 Å². The molecule has 1 aromatic carbocycles. The number of anilines is 3. The van der Waals surface area contributed by atoms with Gasteiger partial charge in [-0.05, 0) is 49.4 Å². The van der Waals surface area contributed by atoms with Gasteiger partial charge in [-0.3, -0.25) is 9.59 Å². The average molecular weight is 400 g/mol. The first-order valence-corrected chi connectivity index (χ1v) is 10.5. The van der Waals surface area contributed by atoms with Crippen LogP contribution in [0.4, 0.5) is 17.2 Å². The average Bonchev–Trinajstić information content (AvgIpc) is 3.37. The van der Waals surface area contributed by atoms with Crippen molar-refractivity contribution in [2.24, 2.45) is 11.8 Å². The Morgan fingerprint density at radius 3 is 2.73 bits per heavy atom. The largest absolute Gasteiger partial charge is 0.356 e. The van der Waals surface area contributed by atoms with Crippen LogP contribution in [0.2, 0.25) is 0 Å². The van der Waals surface area contributed by atoms with Crippen molar-refractivity contribution in [3.8, 4) is 11.3 Å². The molecule has 2 aromatic heterocycles. The number of carbonyl (C=O) groups excluding carboxylic acids is 2. The lowest BCUT2D eigenvalue weighted by molar-refractivity contribution is -0.117. The van der Waals surface area contributed by atoms with E-state index in [1.165, 1.54) is 0 Å². The molecule has 152 valence electrons. The minimum absolute atomic E-state index is 0.0238. The Morgan fingerprint density at radius 2 is 1.97 bits per heavy atom. The number of fused-ring (bicyclic) bond motifs is 1. The summed E-state index contributed by atoms with van der Waals surface area (Å²) in [6.07, 6.45) is 4.88. The maximum Gasteiger partial charge on any atom is 0.228 e. The Hall–Kier alpha value is -3.41. The zero-order chi connectivity index (χ0) is 20.7. The number of nitrogens with one attached hydrogen (secondary N) is 3. The number of hydrogen-bond acceptors (Lipinski definition) is 4. The van der Waals surface area contributed by atoms with E-state index in [-0.39, 0.29) is 17.6 Å². The Bertz CT molecular complexity index is 1120. The van der Waals surface area contributed by atoms with Gasteiger partial charge in [-0.15, -0.1) is 0 Å². The fourth-order valence-corrected chi connectivity index (χ4v) is 4.17. The van der Waals surface area contributed by atoms with Crippen LogP contribution in [0.5, 0.6) is 0 Å². The van der Waals surface area contributed by atoms with Crippen LogP contribution < -0.4 is 10.6 Å². The first-order chi connectivity index (χ1) is 14.6. The second kappa shape index (κ2) is 7.44. The van der Waals surface area contributed by atoms with Crippen LogP contribution in [0.15, 0.2) is 48.7 Å². The molecule has 5 rings (SSSR count). The van der Waals surface area contributed by atoms with Crippen LogP contribution in [0.3, 0.4) is 0 Å². The number of aromatic nitrogens is 2. The number of nitrogens with zero attached hydrogens (tertiary/aromatic N) is 1. The molecular weight excluding hydrogens is 376 g/mol. The number of amides is 1. The van der Waals surface area contributed by atoms with E-state index in [1.807, 2.05) is 42.5 Å². The fraction of sp³-hybridized carbons (Fsp3) is 0.292. The maximum absolute atomic E-state index is 12.7. The number of ketones is 1. The van der Waals surface area contributed by atoms with Crippen molar-refractivity contribution in [2.75, 3.05) is 10.6 Å². The zero-order valence-electron chi connectivity index (χ0n) is 16.9. The van der Waals surface area contributed by atoms with E-state index in [9.17, 15) is 9.59 Å². The number of aromatic amines is 1. The van der Waals surface area contributed by atoms with Crippen LogP contribution in [0.25, 0.3) is 11.3 Å². The Labute approximate surface area is 175 Å². The highest BCUT2D eigenvalue weighted by Gasteiger charge is 2.39. The van der Waals surface area contributed by atoms with Crippen molar-refractivity contribution in [2.45, 2.75) is 32.6 Å². The molecule has 2 heterocycles. The molecule has 30 heavy (non-hydrogen) atoms. The summed E-state index contributed by atoms with van der Waals surface area (Å²) in [6, 6.07) is 13.6. The first kappa shape index (κ1) is 18.6. The summed E-state index contributed by atoms with van der Waals surface area (Å²) in [5, 5.41) is 6.38. The SMILES string of the molecule is CC1CC1C(=O)Nc1cc(-c2[nH]c3c(c2Nc2ccccc2)C(=O)CCC3)ccn1. The lowest BCUT2D eigenvalue weighted by atomic mass is 9.95. The smallest absolute Gasteiger partial charge is 0.228 e. The number of benzene rings is 1. The highest BCUT2D eigenvalue weighted by molar-refractivity contribution is 6.07. The second-order valence-electron chi connectivity index (χ2n) is 8.23. The van der Waals surface area contributed by atoms with Crippen LogP contribution in [0, 0.1) is 11.8 Å². The van der Waals surface area contributed by atoms with E-state index < -0.39 is 0 Å². The molecule has 0 bridgehead atoms. The van der Waals surface area contributed by atoms with Gasteiger partial charge in [-0.1, -0.05) is 25.1 Å². The zero-order valence-corrected chi connectivity index (χ0v) is 16.9. The lowest BCUT2D eigenvalue weighted by Crippen LogP contribution is -2.15. The summed E-state index contributed by atoms with van der Waals surface area (Å²) in [5.41, 5.74) is 5.15. The van der Waals surface area contributed by atoms with Gasteiger partial charge in [0.05, 0.1) is 16.9 Å². The number of aryl methyl sites for hydroxylation is 1. The number of rotatable bonds is 5. The van der Waals surface area contributed by atoms with E-state index in [4.69, 9.17) is 0 Å². The third kappa shape index (κ3) is 3.49. The summed E-state index contributed by atoms with van der Waals surface area (Å²) in [7, 11) is 0. The van der Waals surface area contributed by atoms with E-state index >= 15 is 0 Å². The molecule has 6 nitrogen and oxygen atoms in total. The number of H-pyrrole nitrogens is 1. The molecule has 0 aliphatic heterocycles. The minimum Gasteiger partial charge on any atom is -0.356 e. The number of pyridine rings is 1. The third-order valence-electron chi connectivity index (χ3n) is 5.98. The Balaban J connectivity index is 1.53. The van der Waals surface area contributed by atoms with Gasteiger partial charge in [0.25, 0.3) is 0 Å². The number of para-hydroxylation sites is 1. The standard InChI is InChI=1S/C24H24N4O2/c1-14-12-17(14)24(30)28-20-13-15(10-11-25-20)22-23(26-16-6-3-2-4-7-16)21-18(27-22)8-5-9-19(21)29/h2-4,6-7,10-11,13-14,17,26-27H,5,8-9,12H2,1H3,(H,25,28,30).